The van der Waals surface area contributed by atoms with Crippen LogP contribution in [0.3, 0.4) is 0 Å². The second-order valence-corrected chi connectivity index (χ2v) is 4.91. The first-order valence-corrected chi connectivity index (χ1v) is 6.81. The molecular formula is C16H12N2Na2O6. The van der Waals surface area contributed by atoms with E-state index in [1.807, 2.05) is 0 Å². The predicted molar refractivity (Wildman–Crippen MR) is 78.0 cm³/mol. The van der Waals surface area contributed by atoms with Crippen molar-refractivity contribution in [2.45, 2.75) is 12.5 Å². The summed E-state index contributed by atoms with van der Waals surface area (Å²) in [4.78, 5) is 22.1. The Labute approximate surface area is 193 Å². The summed E-state index contributed by atoms with van der Waals surface area (Å²) in [6.07, 6.45) is -0.0163. The summed E-state index contributed by atoms with van der Waals surface area (Å²) in [6.45, 7) is 0. The summed E-state index contributed by atoms with van der Waals surface area (Å²) in [5, 5.41) is 47.9. The predicted octanol–water partition coefficient (Wildman–Crippen LogP) is -5.38. The summed E-state index contributed by atoms with van der Waals surface area (Å²) in [6, 6.07) is 7.87. The van der Waals surface area contributed by atoms with Gasteiger partial charge >= 0.3 is 65.1 Å². The van der Waals surface area contributed by atoms with Crippen molar-refractivity contribution in [3.05, 3.63) is 53.6 Å². The van der Waals surface area contributed by atoms with Gasteiger partial charge in [-0.05, 0) is 29.8 Å². The van der Waals surface area contributed by atoms with Gasteiger partial charge in [0.2, 0.25) is 0 Å². The Morgan fingerprint density at radius 3 is 2.23 bits per heavy atom. The molecule has 0 aliphatic carbocycles. The number of rotatable bonds is 6. The third kappa shape index (κ3) is 7.06. The monoisotopic (exact) mass is 374 g/mol. The minimum Gasteiger partial charge on any atom is -0.872 e. The number of aromatic hydroxyl groups is 1. The number of azo groups is 1. The van der Waals surface area contributed by atoms with Crippen LogP contribution in [-0.4, -0.2) is 28.2 Å². The average molecular weight is 374 g/mol. The van der Waals surface area contributed by atoms with Crippen LogP contribution in [0.4, 0.5) is 5.69 Å². The van der Waals surface area contributed by atoms with Crippen LogP contribution in [0.25, 0.3) is 0 Å². The molecule has 124 valence electrons. The molecule has 0 fully saturated rings. The van der Waals surface area contributed by atoms with E-state index in [-0.39, 0.29) is 77.0 Å². The number of phenols is 1. The number of phenolic OH excluding ortho intramolecular Hbond substituents is 1. The number of carbonyl (C=O) groups excluding carboxylic acids is 1. The fourth-order valence-corrected chi connectivity index (χ4v) is 1.91. The van der Waals surface area contributed by atoms with Gasteiger partial charge in [-0.2, -0.15) is 10.2 Å². The standard InChI is InChI=1S/C16H14N2O6.2Na/c19-11-4-1-9(2-5-11)7-13(16(23)24)18-17-10-3-6-14(20)12(8-10)15(21)22;;/h1-6,8,13,19-20H,7H2,(H,21,22)(H,23,24);;/q;2*+1/p-2/t13-;;/m0../s1. The SMILES string of the molecule is O=C(O)c1cc(N=N[C@@H](Cc2ccc(O)cc2)C(=O)[O-])ccc1[O-].[Na+].[Na+]. The molecule has 8 nitrogen and oxygen atoms in total. The van der Waals surface area contributed by atoms with Crippen molar-refractivity contribution in [2.24, 2.45) is 10.2 Å². The molecule has 0 aromatic heterocycles. The number of nitrogens with zero attached hydrogens (tertiary/aromatic N) is 2. The number of carboxylic acid groups (broad SMARTS) is 2. The molecule has 26 heavy (non-hydrogen) atoms. The first-order valence-electron chi connectivity index (χ1n) is 6.81. The van der Waals surface area contributed by atoms with Crippen molar-refractivity contribution in [2.75, 3.05) is 0 Å². The molecule has 2 aromatic carbocycles. The fourth-order valence-electron chi connectivity index (χ4n) is 1.91. The summed E-state index contributed by atoms with van der Waals surface area (Å²) in [5.74, 6) is -3.49. The molecule has 0 spiro atoms. The number of aromatic carboxylic acids is 1. The van der Waals surface area contributed by atoms with Crippen LogP contribution in [0.1, 0.15) is 15.9 Å². The first-order chi connectivity index (χ1) is 11.4. The Bertz CT molecular complexity index is 796. The van der Waals surface area contributed by atoms with Gasteiger partial charge in [-0.15, -0.1) is 0 Å². The van der Waals surface area contributed by atoms with Crippen LogP contribution in [0, 0.1) is 0 Å². The van der Waals surface area contributed by atoms with Gasteiger partial charge < -0.3 is 25.2 Å². The number of carboxylic acids is 2. The van der Waals surface area contributed by atoms with Crippen LogP contribution >= 0.6 is 0 Å². The van der Waals surface area contributed by atoms with E-state index >= 15 is 0 Å². The first kappa shape index (κ1) is 24.6. The molecule has 0 saturated heterocycles. The molecule has 0 amide bonds. The van der Waals surface area contributed by atoms with E-state index in [0.29, 0.717) is 5.56 Å². The number of carbonyl (C=O) groups is 2. The van der Waals surface area contributed by atoms with Crippen LogP contribution in [0.5, 0.6) is 11.5 Å². The van der Waals surface area contributed by atoms with Crippen molar-refractivity contribution in [3.8, 4) is 11.5 Å². The van der Waals surface area contributed by atoms with E-state index in [9.17, 15) is 24.9 Å². The molecular weight excluding hydrogens is 362 g/mol. The van der Waals surface area contributed by atoms with Crippen molar-refractivity contribution < 1.29 is 89.1 Å². The number of benzene rings is 2. The van der Waals surface area contributed by atoms with Crippen LogP contribution < -0.4 is 69.3 Å². The van der Waals surface area contributed by atoms with Crippen LogP contribution in [0.2, 0.25) is 0 Å². The van der Waals surface area contributed by atoms with Gasteiger partial charge in [0.25, 0.3) is 0 Å². The number of hydrogen-bond donors (Lipinski definition) is 2. The van der Waals surface area contributed by atoms with Gasteiger partial charge in [0.15, 0.2) is 0 Å². The summed E-state index contributed by atoms with van der Waals surface area (Å²) in [5.41, 5.74) is 0.168. The molecule has 1 atom stereocenters. The van der Waals surface area contributed by atoms with Crippen molar-refractivity contribution in [1.29, 1.82) is 0 Å². The Hall–Kier alpha value is -1.42. The van der Waals surface area contributed by atoms with Crippen LogP contribution in [-0.2, 0) is 11.2 Å². The minimum atomic E-state index is -1.45. The largest absolute Gasteiger partial charge is 1.00 e. The maximum atomic E-state index is 11.4. The second kappa shape index (κ2) is 11.3. The molecule has 0 radical (unpaired) electrons. The van der Waals surface area contributed by atoms with E-state index in [2.05, 4.69) is 10.2 Å². The zero-order valence-electron chi connectivity index (χ0n) is 14.2. The van der Waals surface area contributed by atoms with E-state index in [0.717, 1.165) is 12.1 Å². The Morgan fingerprint density at radius 1 is 1.08 bits per heavy atom. The Morgan fingerprint density at radius 2 is 1.69 bits per heavy atom. The maximum Gasteiger partial charge on any atom is 1.00 e. The van der Waals surface area contributed by atoms with Crippen molar-refractivity contribution in [3.63, 3.8) is 0 Å². The van der Waals surface area contributed by atoms with Crippen molar-refractivity contribution in [1.82, 2.24) is 0 Å². The molecule has 0 heterocycles. The zero-order chi connectivity index (χ0) is 17.7. The topological polar surface area (TPSA) is 145 Å². The van der Waals surface area contributed by atoms with E-state index in [4.69, 9.17) is 5.11 Å². The summed E-state index contributed by atoms with van der Waals surface area (Å²) in [7, 11) is 0. The van der Waals surface area contributed by atoms with Gasteiger partial charge in [0.1, 0.15) is 11.8 Å². The molecule has 2 aromatic rings. The third-order valence-electron chi connectivity index (χ3n) is 3.14. The molecule has 2 N–H and O–H groups in total. The molecule has 0 saturated carbocycles. The minimum absolute atomic E-state index is 0. The van der Waals surface area contributed by atoms with Crippen LogP contribution in [0.15, 0.2) is 52.7 Å². The summed E-state index contributed by atoms with van der Waals surface area (Å²) >= 11 is 0. The zero-order valence-corrected chi connectivity index (χ0v) is 18.2. The van der Waals surface area contributed by atoms with E-state index in [1.165, 1.54) is 30.3 Å². The van der Waals surface area contributed by atoms with Crippen molar-refractivity contribution >= 4 is 17.6 Å². The average Bonchev–Trinajstić information content (AvgIpc) is 2.54. The van der Waals surface area contributed by atoms with Gasteiger partial charge in [0.05, 0.1) is 17.2 Å². The molecule has 2 rings (SSSR count). The van der Waals surface area contributed by atoms with Gasteiger partial charge in [0, 0.05) is 6.42 Å². The van der Waals surface area contributed by atoms with E-state index in [1.54, 1.807) is 0 Å². The third-order valence-corrected chi connectivity index (χ3v) is 3.14. The van der Waals surface area contributed by atoms with Gasteiger partial charge in [-0.25, -0.2) is 4.79 Å². The molecule has 0 bridgehead atoms. The fraction of sp³-hybridized carbons (Fsp3) is 0.125. The number of aliphatic carboxylic acids is 1. The van der Waals surface area contributed by atoms with Gasteiger partial charge in [-0.1, -0.05) is 23.9 Å². The molecule has 0 aliphatic heterocycles. The maximum absolute atomic E-state index is 11.4. The molecule has 0 unspecified atom stereocenters. The molecule has 10 heteroatoms. The number of hydrogen-bond acceptors (Lipinski definition) is 7. The van der Waals surface area contributed by atoms with Gasteiger partial charge in [-0.3, -0.25) is 0 Å². The smallest absolute Gasteiger partial charge is 0.872 e. The molecule has 0 aliphatic rings. The normalized spacial score (nSPS) is 11.2. The Balaban J connectivity index is 0.00000312. The van der Waals surface area contributed by atoms with E-state index < -0.39 is 29.3 Å². The quantitative estimate of drug-likeness (QED) is 0.381. The second-order valence-electron chi connectivity index (χ2n) is 4.91. The Kier molecular flexibility index (Phi) is 10.7. The summed E-state index contributed by atoms with van der Waals surface area (Å²) < 4.78 is 0.